The van der Waals surface area contributed by atoms with Crippen molar-refractivity contribution in [2.24, 2.45) is 28.1 Å². The molecule has 0 saturated carbocycles. The third-order valence-electron chi connectivity index (χ3n) is 3.44. The summed E-state index contributed by atoms with van der Waals surface area (Å²) < 4.78 is 7.53. The molecule has 0 aliphatic heterocycles. The van der Waals surface area contributed by atoms with Gasteiger partial charge in [0.2, 0.25) is 0 Å². The summed E-state index contributed by atoms with van der Waals surface area (Å²) >= 11 is 0. The van der Waals surface area contributed by atoms with E-state index in [-0.39, 0.29) is 35.8 Å². The van der Waals surface area contributed by atoms with E-state index in [1.165, 1.54) is 0 Å². The van der Waals surface area contributed by atoms with Gasteiger partial charge in [-0.25, -0.2) is 4.98 Å². The zero-order valence-corrected chi connectivity index (χ0v) is 13.9. The van der Waals surface area contributed by atoms with Crippen LogP contribution in [0.5, 0.6) is 6.01 Å². The fourth-order valence-electron chi connectivity index (χ4n) is 1.89. The molecule has 0 aromatic carbocycles. The molecule has 0 aliphatic rings. The highest BCUT2D eigenvalue weighted by Gasteiger charge is 2.16. The molecule has 0 radical (unpaired) electrons. The molecular weight excluding hydrogens is 296 g/mol. The van der Waals surface area contributed by atoms with E-state index >= 15 is 0 Å². The molecule has 23 heavy (non-hydrogen) atoms. The van der Waals surface area contributed by atoms with E-state index in [2.05, 4.69) is 19.9 Å². The van der Waals surface area contributed by atoms with Gasteiger partial charge in [0.05, 0.1) is 6.33 Å². The molecular formula is C14H24N8O. The summed E-state index contributed by atoms with van der Waals surface area (Å²) in [6.07, 6.45) is 1.68. The van der Waals surface area contributed by atoms with Gasteiger partial charge in [-0.15, -0.1) is 0 Å². The maximum atomic E-state index is 5.99. The first-order chi connectivity index (χ1) is 10.8. The zero-order chi connectivity index (χ0) is 17.1. The van der Waals surface area contributed by atoms with E-state index < -0.39 is 0 Å². The van der Waals surface area contributed by atoms with Gasteiger partial charge in [0.25, 0.3) is 0 Å². The van der Waals surface area contributed by atoms with Crippen LogP contribution in [-0.2, 0) is 0 Å². The Balaban J connectivity index is 2.45. The maximum absolute atomic E-state index is 5.99. The molecule has 0 aliphatic carbocycles. The molecule has 0 unspecified atom stereocenters. The molecule has 2 heterocycles. The lowest BCUT2D eigenvalue weighted by atomic mass is 10.1. The van der Waals surface area contributed by atoms with E-state index in [0.717, 1.165) is 0 Å². The predicted octanol–water partition coefficient (Wildman–Crippen LogP) is 0.674. The quantitative estimate of drug-likeness (QED) is 0.524. The summed E-state index contributed by atoms with van der Waals surface area (Å²) in [5.74, 6) is 0.466. The molecule has 1 atom stereocenters. The van der Waals surface area contributed by atoms with E-state index in [4.69, 9.17) is 21.9 Å². The fraction of sp³-hybridized carbons (Fsp3) is 0.571. The molecule has 2 aromatic heterocycles. The van der Waals surface area contributed by atoms with Gasteiger partial charge in [-0.3, -0.25) is 0 Å². The first-order valence-electron chi connectivity index (χ1n) is 7.52. The monoisotopic (exact) mass is 320 g/mol. The number of guanidine groups is 1. The Morgan fingerprint density at radius 1 is 1.26 bits per heavy atom. The van der Waals surface area contributed by atoms with E-state index in [1.807, 2.05) is 32.3 Å². The van der Waals surface area contributed by atoms with Gasteiger partial charge in [0.1, 0.15) is 6.61 Å². The predicted molar refractivity (Wildman–Crippen MR) is 89.5 cm³/mol. The van der Waals surface area contributed by atoms with Gasteiger partial charge in [-0.2, -0.15) is 15.0 Å². The van der Waals surface area contributed by atoms with Crippen molar-refractivity contribution in [3.63, 3.8) is 0 Å². The molecule has 0 spiro atoms. The summed E-state index contributed by atoms with van der Waals surface area (Å²) in [6.45, 7) is 8.41. The molecule has 2 rings (SSSR count). The number of ether oxygens (including phenoxy) is 1. The third-order valence-corrected chi connectivity index (χ3v) is 3.44. The SMILES string of the molecule is CC(C)[C@H](N)COc1nc(N=C(N)N)c2ncn(C(C)C)c2n1. The van der Waals surface area contributed by atoms with Crippen LogP contribution in [0.2, 0.25) is 0 Å². The second-order valence-electron chi connectivity index (χ2n) is 6.00. The molecule has 0 fully saturated rings. The largest absolute Gasteiger partial charge is 0.462 e. The minimum atomic E-state index is -0.115. The molecule has 6 N–H and O–H groups in total. The summed E-state index contributed by atoms with van der Waals surface area (Å²) in [5, 5.41) is 0. The Morgan fingerprint density at radius 3 is 2.52 bits per heavy atom. The maximum Gasteiger partial charge on any atom is 0.320 e. The van der Waals surface area contributed by atoms with Crippen LogP contribution in [0.4, 0.5) is 5.82 Å². The van der Waals surface area contributed by atoms with Crippen LogP contribution in [0.15, 0.2) is 11.3 Å². The van der Waals surface area contributed by atoms with Crippen molar-refractivity contribution in [1.29, 1.82) is 0 Å². The third kappa shape index (κ3) is 3.86. The Labute approximate surface area is 135 Å². The topological polar surface area (TPSA) is 143 Å². The Morgan fingerprint density at radius 2 is 1.96 bits per heavy atom. The van der Waals surface area contributed by atoms with Gasteiger partial charge >= 0.3 is 6.01 Å². The number of nitrogens with zero attached hydrogens (tertiary/aromatic N) is 5. The number of imidazole rings is 1. The number of hydrogen-bond donors (Lipinski definition) is 3. The first kappa shape index (κ1) is 16.9. The van der Waals surface area contributed by atoms with Gasteiger partial charge in [-0.1, -0.05) is 13.8 Å². The minimum Gasteiger partial charge on any atom is -0.462 e. The normalized spacial score (nSPS) is 12.8. The van der Waals surface area contributed by atoms with Gasteiger partial charge in [0, 0.05) is 12.1 Å². The van der Waals surface area contributed by atoms with Gasteiger partial charge in [-0.05, 0) is 19.8 Å². The number of hydrogen-bond acceptors (Lipinski definition) is 6. The molecule has 9 heteroatoms. The van der Waals surface area contributed by atoms with Gasteiger partial charge < -0.3 is 26.5 Å². The second-order valence-corrected chi connectivity index (χ2v) is 6.00. The second kappa shape index (κ2) is 6.78. The van der Waals surface area contributed by atoms with Crippen molar-refractivity contribution in [3.05, 3.63) is 6.33 Å². The van der Waals surface area contributed by atoms with Crippen LogP contribution in [0.1, 0.15) is 33.7 Å². The van der Waals surface area contributed by atoms with Crippen LogP contribution in [0.25, 0.3) is 11.2 Å². The highest BCUT2D eigenvalue weighted by Crippen LogP contribution is 2.26. The van der Waals surface area contributed by atoms with Crippen LogP contribution in [0, 0.1) is 5.92 Å². The van der Waals surface area contributed by atoms with Gasteiger partial charge in [0.15, 0.2) is 22.9 Å². The van der Waals surface area contributed by atoms with Crippen LogP contribution in [-0.4, -0.2) is 38.1 Å². The number of aromatic nitrogens is 4. The molecule has 2 aromatic rings. The average molecular weight is 320 g/mol. The lowest BCUT2D eigenvalue weighted by Crippen LogP contribution is -2.33. The number of fused-ring (bicyclic) bond motifs is 1. The summed E-state index contributed by atoms with van der Waals surface area (Å²) in [7, 11) is 0. The number of rotatable bonds is 6. The van der Waals surface area contributed by atoms with Crippen molar-refractivity contribution < 1.29 is 4.74 Å². The molecule has 0 saturated heterocycles. The van der Waals surface area contributed by atoms with Crippen LogP contribution in [0.3, 0.4) is 0 Å². The van der Waals surface area contributed by atoms with Crippen molar-refractivity contribution in [2.75, 3.05) is 6.61 Å². The lowest BCUT2D eigenvalue weighted by molar-refractivity contribution is 0.243. The minimum absolute atomic E-state index is 0.103. The molecule has 126 valence electrons. The van der Waals surface area contributed by atoms with Crippen molar-refractivity contribution in [3.8, 4) is 6.01 Å². The van der Waals surface area contributed by atoms with E-state index in [1.54, 1.807) is 6.33 Å². The fourth-order valence-corrected chi connectivity index (χ4v) is 1.89. The Bertz CT molecular complexity index is 702. The van der Waals surface area contributed by atoms with Crippen molar-refractivity contribution in [1.82, 2.24) is 19.5 Å². The van der Waals surface area contributed by atoms with Crippen molar-refractivity contribution in [2.45, 2.75) is 39.8 Å². The standard InChI is InChI=1S/C14H24N8O/c1-7(2)9(15)5-23-14-20-11(19-13(16)17)10-12(21-14)22(6-18-10)8(3)4/h6-9H,5,15H2,1-4H3,(H4,16,17,19,20,21)/t9-/m1/s1. The van der Waals surface area contributed by atoms with Crippen molar-refractivity contribution >= 4 is 22.9 Å². The lowest BCUT2D eigenvalue weighted by Gasteiger charge is -2.15. The summed E-state index contributed by atoms with van der Waals surface area (Å²) in [6, 6.07) is 0.236. The molecule has 0 bridgehead atoms. The van der Waals surface area contributed by atoms with Crippen LogP contribution < -0.4 is 21.9 Å². The average Bonchev–Trinajstić information content (AvgIpc) is 2.88. The van der Waals surface area contributed by atoms with E-state index in [0.29, 0.717) is 17.8 Å². The van der Waals surface area contributed by atoms with E-state index in [9.17, 15) is 0 Å². The highest BCUT2D eigenvalue weighted by atomic mass is 16.5. The number of nitrogens with two attached hydrogens (primary N) is 3. The first-order valence-corrected chi connectivity index (χ1v) is 7.52. The Hall–Kier alpha value is -2.42. The smallest absolute Gasteiger partial charge is 0.320 e. The summed E-state index contributed by atoms with van der Waals surface area (Å²) in [5.41, 5.74) is 18.1. The summed E-state index contributed by atoms with van der Waals surface area (Å²) in [4.78, 5) is 17.0. The molecule has 0 amide bonds. The van der Waals surface area contributed by atoms with Crippen LogP contribution >= 0.6 is 0 Å². The molecule has 9 nitrogen and oxygen atoms in total. The Kier molecular flexibility index (Phi) is 4.99. The zero-order valence-electron chi connectivity index (χ0n) is 13.9. The highest BCUT2D eigenvalue weighted by molar-refractivity contribution is 5.87. The number of aliphatic imine (C=N–C) groups is 1.